The number of halogens is 2. The van der Waals surface area contributed by atoms with E-state index in [4.69, 9.17) is 0 Å². The van der Waals surface area contributed by atoms with Gasteiger partial charge in [-0.2, -0.15) is 0 Å². The summed E-state index contributed by atoms with van der Waals surface area (Å²) in [6, 6.07) is 6.79. The van der Waals surface area contributed by atoms with E-state index >= 15 is 0 Å². The molecule has 1 unspecified atom stereocenters. The van der Waals surface area contributed by atoms with Crippen molar-refractivity contribution in [2.24, 2.45) is 0 Å². The zero-order chi connectivity index (χ0) is 8.72. The number of carbonyl (C=O) groups is 2. The summed E-state index contributed by atoms with van der Waals surface area (Å²) in [4.78, 5) is 22.6. The normalized spacial score (nSPS) is 13.1. The summed E-state index contributed by atoms with van der Waals surface area (Å²) < 4.78 is 1.05. The van der Waals surface area contributed by atoms with Crippen LogP contribution in [0.5, 0.6) is 0 Å². The van der Waals surface area contributed by atoms with Crippen LogP contribution in [0.25, 0.3) is 0 Å². The van der Waals surface area contributed by atoms with Gasteiger partial charge in [0.05, 0.1) is 11.1 Å². The lowest BCUT2D eigenvalue weighted by Gasteiger charge is -2.02. The van der Waals surface area contributed by atoms with E-state index in [1.807, 2.05) is 0 Å². The van der Waals surface area contributed by atoms with Crippen LogP contribution in [0.2, 0.25) is 0 Å². The lowest BCUT2D eigenvalue weighted by Crippen LogP contribution is -2.17. The molecule has 0 fully saturated rings. The second kappa shape index (κ2) is 4.74. The van der Waals surface area contributed by atoms with Gasteiger partial charge in [0, 0.05) is 0 Å². The van der Waals surface area contributed by atoms with Gasteiger partial charge >= 0.3 is 0 Å². The standard InChI is InChI=1S/C8H6NO2P.2ClH/c10-7-5-3-1-2-4-6(5)8(11)9(7)12;;/h1-4H,12H2;2*1H. The number of imide groups is 1. The Morgan fingerprint density at radius 1 is 0.929 bits per heavy atom. The van der Waals surface area contributed by atoms with Crippen LogP contribution in [0.1, 0.15) is 20.7 Å². The molecule has 0 aliphatic carbocycles. The SMILES string of the molecule is Cl.Cl.O=C1c2ccccc2C(=O)N1P. The molecule has 14 heavy (non-hydrogen) atoms. The summed E-state index contributed by atoms with van der Waals surface area (Å²) in [5, 5.41) is 0. The fraction of sp³-hybridized carbons (Fsp3) is 0. The Kier molecular flexibility index (Phi) is 4.53. The number of fused-ring (bicyclic) bond motifs is 1. The minimum absolute atomic E-state index is 0. The predicted molar refractivity (Wildman–Crippen MR) is 61.1 cm³/mol. The topological polar surface area (TPSA) is 37.4 Å². The Morgan fingerprint density at radius 3 is 1.64 bits per heavy atom. The van der Waals surface area contributed by atoms with Crippen molar-refractivity contribution in [2.75, 3.05) is 0 Å². The van der Waals surface area contributed by atoms with Crippen molar-refractivity contribution in [3.05, 3.63) is 35.4 Å². The first kappa shape index (κ1) is 13.4. The number of hydrogen-bond acceptors (Lipinski definition) is 2. The molecule has 76 valence electrons. The van der Waals surface area contributed by atoms with Gasteiger partial charge in [-0.25, -0.2) is 0 Å². The van der Waals surface area contributed by atoms with Crippen molar-refractivity contribution in [3.63, 3.8) is 0 Å². The van der Waals surface area contributed by atoms with Crippen molar-refractivity contribution in [1.82, 2.24) is 4.67 Å². The molecule has 3 nitrogen and oxygen atoms in total. The molecular weight excluding hydrogens is 244 g/mol. The summed E-state index contributed by atoms with van der Waals surface area (Å²) in [6.07, 6.45) is 0. The molecule has 1 heterocycles. The molecule has 0 saturated carbocycles. The highest BCUT2D eigenvalue weighted by Crippen LogP contribution is 2.24. The smallest absolute Gasteiger partial charge is 0.264 e. The van der Waals surface area contributed by atoms with Crippen LogP contribution in [0.15, 0.2) is 24.3 Å². The summed E-state index contributed by atoms with van der Waals surface area (Å²) >= 11 is 0. The van der Waals surface area contributed by atoms with Crippen molar-refractivity contribution in [2.45, 2.75) is 0 Å². The molecule has 0 spiro atoms. The molecule has 1 aromatic rings. The molecule has 2 rings (SSSR count). The Balaban J connectivity index is 0.000000845. The maximum atomic E-state index is 11.3. The molecule has 1 aliphatic heterocycles. The monoisotopic (exact) mass is 251 g/mol. The second-order valence-corrected chi connectivity index (χ2v) is 3.04. The van der Waals surface area contributed by atoms with Gasteiger partial charge in [-0.1, -0.05) is 12.1 Å². The quantitative estimate of drug-likeness (QED) is 0.522. The molecule has 1 aliphatic rings. The highest BCUT2D eigenvalue weighted by atomic mass is 35.5. The maximum absolute atomic E-state index is 11.3. The summed E-state index contributed by atoms with van der Waals surface area (Å²) in [7, 11) is 2.11. The zero-order valence-electron chi connectivity index (χ0n) is 6.97. The first-order valence-electron chi connectivity index (χ1n) is 3.44. The molecule has 0 radical (unpaired) electrons. The molecule has 0 N–H and O–H groups in total. The van der Waals surface area contributed by atoms with Crippen LogP contribution in [0.4, 0.5) is 0 Å². The van der Waals surface area contributed by atoms with Crippen LogP contribution in [-0.2, 0) is 0 Å². The lowest BCUT2D eigenvalue weighted by atomic mass is 10.1. The molecule has 0 saturated heterocycles. The molecule has 1 atom stereocenters. The molecular formula is C8H8Cl2NO2P. The van der Waals surface area contributed by atoms with Crippen molar-refractivity contribution >= 4 is 46.0 Å². The van der Waals surface area contributed by atoms with E-state index in [1.165, 1.54) is 0 Å². The van der Waals surface area contributed by atoms with Gasteiger partial charge in [-0.05, 0) is 21.5 Å². The Hall–Kier alpha value is -0.630. The number of rotatable bonds is 0. The van der Waals surface area contributed by atoms with E-state index in [2.05, 4.69) is 9.39 Å². The summed E-state index contributed by atoms with van der Waals surface area (Å²) in [6.45, 7) is 0. The fourth-order valence-electron chi connectivity index (χ4n) is 1.21. The Morgan fingerprint density at radius 2 is 1.29 bits per heavy atom. The highest BCUT2D eigenvalue weighted by Gasteiger charge is 2.31. The van der Waals surface area contributed by atoms with Crippen LogP contribution < -0.4 is 0 Å². The predicted octanol–water partition coefficient (Wildman–Crippen LogP) is 1.92. The number of carbonyl (C=O) groups excluding carboxylic acids is 2. The minimum atomic E-state index is -0.249. The van der Waals surface area contributed by atoms with Gasteiger partial charge in [-0.15, -0.1) is 24.8 Å². The van der Waals surface area contributed by atoms with E-state index in [-0.39, 0.29) is 36.6 Å². The van der Waals surface area contributed by atoms with Crippen LogP contribution >= 0.6 is 34.2 Å². The first-order valence-corrected chi connectivity index (χ1v) is 3.96. The van der Waals surface area contributed by atoms with E-state index in [9.17, 15) is 9.59 Å². The van der Waals surface area contributed by atoms with Crippen molar-refractivity contribution in [3.8, 4) is 0 Å². The van der Waals surface area contributed by atoms with Crippen molar-refractivity contribution in [1.29, 1.82) is 0 Å². The van der Waals surface area contributed by atoms with Gasteiger partial charge in [0.2, 0.25) is 0 Å². The van der Waals surface area contributed by atoms with Gasteiger partial charge in [0.15, 0.2) is 0 Å². The third kappa shape index (κ3) is 1.76. The van der Waals surface area contributed by atoms with E-state index in [0.717, 1.165) is 4.67 Å². The number of benzene rings is 1. The second-order valence-electron chi connectivity index (χ2n) is 2.53. The minimum Gasteiger partial charge on any atom is -0.268 e. The number of amides is 2. The average molecular weight is 252 g/mol. The van der Waals surface area contributed by atoms with E-state index < -0.39 is 0 Å². The van der Waals surface area contributed by atoms with E-state index in [0.29, 0.717) is 11.1 Å². The van der Waals surface area contributed by atoms with Gasteiger partial charge in [-0.3, -0.25) is 14.3 Å². The Bertz CT molecular complexity index is 348. The fourth-order valence-corrected chi connectivity index (χ4v) is 1.49. The summed E-state index contributed by atoms with van der Waals surface area (Å²) in [5.41, 5.74) is 0.968. The first-order chi connectivity index (χ1) is 5.72. The van der Waals surface area contributed by atoms with Crippen LogP contribution in [-0.4, -0.2) is 16.5 Å². The average Bonchev–Trinajstić information content (AvgIpc) is 2.33. The molecule has 0 bridgehead atoms. The third-order valence-electron chi connectivity index (χ3n) is 1.83. The van der Waals surface area contributed by atoms with Crippen LogP contribution in [0.3, 0.4) is 0 Å². The molecule has 2 amide bonds. The lowest BCUT2D eigenvalue weighted by molar-refractivity contribution is 0.0775. The molecule has 1 aromatic carbocycles. The molecule has 6 heteroatoms. The van der Waals surface area contributed by atoms with Gasteiger partial charge in [0.25, 0.3) is 11.8 Å². The third-order valence-corrected chi connectivity index (χ3v) is 2.29. The van der Waals surface area contributed by atoms with Crippen LogP contribution in [0, 0.1) is 0 Å². The van der Waals surface area contributed by atoms with Crippen molar-refractivity contribution < 1.29 is 9.59 Å². The number of nitrogens with zero attached hydrogens (tertiary/aromatic N) is 1. The van der Waals surface area contributed by atoms with Gasteiger partial charge in [0.1, 0.15) is 0 Å². The highest BCUT2D eigenvalue weighted by molar-refractivity contribution is 7.16. The number of hydrogen-bond donors (Lipinski definition) is 0. The summed E-state index contributed by atoms with van der Waals surface area (Å²) in [5.74, 6) is -0.499. The van der Waals surface area contributed by atoms with E-state index in [1.54, 1.807) is 24.3 Å². The zero-order valence-corrected chi connectivity index (χ0v) is 9.75. The molecule has 0 aromatic heterocycles. The largest absolute Gasteiger partial charge is 0.268 e. The maximum Gasteiger partial charge on any atom is 0.264 e. The Labute approximate surface area is 95.9 Å². The van der Waals surface area contributed by atoms with Gasteiger partial charge < -0.3 is 0 Å².